The first kappa shape index (κ1) is 19.1. The number of aromatic nitrogens is 2. The lowest BCUT2D eigenvalue weighted by atomic mass is 9.99. The Hall–Kier alpha value is -3.21. The second kappa shape index (κ2) is 8.86. The Bertz CT molecular complexity index is 1090. The van der Waals surface area contributed by atoms with Crippen molar-refractivity contribution in [1.82, 2.24) is 15.3 Å². The molecular weight excluding hydrogens is 382 g/mol. The first-order valence-corrected chi connectivity index (χ1v) is 9.74. The van der Waals surface area contributed by atoms with E-state index in [1.54, 1.807) is 12.4 Å². The molecule has 0 fully saturated rings. The molecule has 2 aromatic heterocycles. The van der Waals surface area contributed by atoms with Gasteiger partial charge in [-0.25, -0.2) is 0 Å². The summed E-state index contributed by atoms with van der Waals surface area (Å²) in [6, 6.07) is 23.5. The molecule has 1 unspecified atom stereocenters. The van der Waals surface area contributed by atoms with Gasteiger partial charge in [0.25, 0.3) is 5.56 Å². The van der Waals surface area contributed by atoms with E-state index in [1.807, 2.05) is 66.9 Å². The van der Waals surface area contributed by atoms with E-state index in [1.165, 1.54) is 0 Å². The largest absolute Gasteiger partial charge is 0.328 e. The predicted molar refractivity (Wildman–Crippen MR) is 117 cm³/mol. The van der Waals surface area contributed by atoms with Crippen molar-refractivity contribution in [2.24, 2.45) is 0 Å². The first-order chi connectivity index (χ1) is 14.2. The highest BCUT2D eigenvalue weighted by Gasteiger charge is 2.14. The van der Waals surface area contributed by atoms with Gasteiger partial charge in [-0.05, 0) is 46.5 Å². The number of hydrogen-bond acceptors (Lipinski definition) is 3. The number of benzene rings is 2. The normalized spacial score (nSPS) is 11.9. The van der Waals surface area contributed by atoms with Gasteiger partial charge in [0.2, 0.25) is 0 Å². The van der Waals surface area contributed by atoms with Crippen molar-refractivity contribution in [3.8, 4) is 11.1 Å². The number of H-pyrrole nitrogens is 1. The maximum atomic E-state index is 12.4. The number of aromatic amines is 1. The number of halogens is 1. The van der Waals surface area contributed by atoms with E-state index in [2.05, 4.69) is 27.4 Å². The lowest BCUT2D eigenvalue weighted by Gasteiger charge is -2.19. The third-order valence-electron chi connectivity index (χ3n) is 4.80. The Morgan fingerprint density at radius 2 is 1.69 bits per heavy atom. The van der Waals surface area contributed by atoms with Crippen molar-refractivity contribution < 1.29 is 0 Å². The molecular formula is C24H20ClN3O. The second-order valence-electron chi connectivity index (χ2n) is 6.76. The highest BCUT2D eigenvalue weighted by Crippen LogP contribution is 2.23. The average Bonchev–Trinajstić information content (AvgIpc) is 2.77. The van der Waals surface area contributed by atoms with Crippen LogP contribution in [0.15, 0.2) is 96.2 Å². The number of nitrogens with one attached hydrogen (secondary N) is 2. The van der Waals surface area contributed by atoms with Gasteiger partial charge in [-0.3, -0.25) is 9.78 Å². The molecule has 4 nitrogen and oxygen atoms in total. The van der Waals surface area contributed by atoms with Crippen LogP contribution in [0.1, 0.15) is 22.7 Å². The molecule has 5 heteroatoms. The molecule has 0 aliphatic carbocycles. The summed E-state index contributed by atoms with van der Waals surface area (Å²) < 4.78 is 0. The van der Waals surface area contributed by atoms with Gasteiger partial charge in [-0.15, -0.1) is 0 Å². The van der Waals surface area contributed by atoms with Gasteiger partial charge in [0, 0.05) is 35.7 Å². The van der Waals surface area contributed by atoms with E-state index >= 15 is 0 Å². The minimum atomic E-state index is -0.104. The van der Waals surface area contributed by atoms with Crippen LogP contribution >= 0.6 is 11.6 Å². The third kappa shape index (κ3) is 4.62. The smallest absolute Gasteiger partial charge is 0.252 e. The minimum absolute atomic E-state index is 0.0662. The molecule has 0 aliphatic rings. The monoisotopic (exact) mass is 401 g/mol. The molecule has 2 N–H and O–H groups in total. The molecule has 2 heterocycles. The molecule has 0 saturated carbocycles. The Morgan fingerprint density at radius 3 is 2.41 bits per heavy atom. The van der Waals surface area contributed by atoms with Crippen LogP contribution in [0, 0.1) is 0 Å². The number of hydrogen-bond donors (Lipinski definition) is 2. The van der Waals surface area contributed by atoms with E-state index in [9.17, 15) is 4.79 Å². The summed E-state index contributed by atoms with van der Waals surface area (Å²) in [5, 5.41) is 4.20. The van der Waals surface area contributed by atoms with Crippen molar-refractivity contribution in [2.45, 2.75) is 12.6 Å². The molecule has 29 heavy (non-hydrogen) atoms. The fourth-order valence-electron chi connectivity index (χ4n) is 3.30. The van der Waals surface area contributed by atoms with E-state index in [4.69, 9.17) is 11.6 Å². The molecule has 144 valence electrons. The van der Waals surface area contributed by atoms with Gasteiger partial charge in [0.05, 0.1) is 6.04 Å². The Morgan fingerprint density at radius 1 is 0.931 bits per heavy atom. The number of rotatable bonds is 6. The summed E-state index contributed by atoms with van der Waals surface area (Å²) in [4.78, 5) is 19.5. The van der Waals surface area contributed by atoms with Crippen LogP contribution in [0.4, 0.5) is 0 Å². The van der Waals surface area contributed by atoms with Gasteiger partial charge in [0.15, 0.2) is 0 Å². The fraction of sp³-hybridized carbons (Fsp3) is 0.0833. The van der Waals surface area contributed by atoms with Crippen LogP contribution in [0.5, 0.6) is 0 Å². The van der Waals surface area contributed by atoms with Crippen LogP contribution in [0.25, 0.3) is 11.1 Å². The zero-order chi connectivity index (χ0) is 20.1. The standard InChI is InChI=1S/C24H20ClN3O/c25-22-10-8-17(9-11-22)20-13-21(24(29)28-15-20)16-27-23(18-5-2-1-3-6-18)19-7-4-12-26-14-19/h1-15,23,27H,16H2,(H,28,29). The van der Waals surface area contributed by atoms with Crippen LogP contribution in [0.3, 0.4) is 0 Å². The van der Waals surface area contributed by atoms with E-state index in [0.29, 0.717) is 17.1 Å². The Kier molecular flexibility index (Phi) is 5.84. The van der Waals surface area contributed by atoms with Gasteiger partial charge in [-0.1, -0.05) is 60.1 Å². The van der Waals surface area contributed by atoms with Crippen LogP contribution in [0.2, 0.25) is 5.02 Å². The lowest BCUT2D eigenvalue weighted by molar-refractivity contribution is 0.600. The van der Waals surface area contributed by atoms with Gasteiger partial charge in [-0.2, -0.15) is 0 Å². The summed E-state index contributed by atoms with van der Waals surface area (Å²) in [5.41, 5.74) is 4.67. The number of nitrogens with zero attached hydrogens (tertiary/aromatic N) is 1. The van der Waals surface area contributed by atoms with E-state index < -0.39 is 0 Å². The average molecular weight is 402 g/mol. The summed E-state index contributed by atoms with van der Waals surface area (Å²) in [6.07, 6.45) is 5.33. The minimum Gasteiger partial charge on any atom is -0.328 e. The highest BCUT2D eigenvalue weighted by atomic mass is 35.5. The zero-order valence-corrected chi connectivity index (χ0v) is 16.4. The fourth-order valence-corrected chi connectivity index (χ4v) is 3.43. The third-order valence-corrected chi connectivity index (χ3v) is 5.06. The van der Waals surface area contributed by atoms with Crippen molar-refractivity contribution in [3.05, 3.63) is 123 Å². The topological polar surface area (TPSA) is 57.8 Å². The van der Waals surface area contributed by atoms with Gasteiger partial charge < -0.3 is 10.3 Å². The first-order valence-electron chi connectivity index (χ1n) is 9.36. The summed E-state index contributed by atoms with van der Waals surface area (Å²) in [7, 11) is 0. The van der Waals surface area contributed by atoms with Crippen molar-refractivity contribution >= 4 is 11.6 Å². The molecule has 1 atom stereocenters. The molecule has 0 aliphatic heterocycles. The summed E-state index contributed by atoms with van der Waals surface area (Å²) >= 11 is 5.98. The van der Waals surface area contributed by atoms with Gasteiger partial charge >= 0.3 is 0 Å². The maximum absolute atomic E-state index is 12.4. The Labute approximate surface area is 174 Å². The van der Waals surface area contributed by atoms with Crippen molar-refractivity contribution in [1.29, 1.82) is 0 Å². The second-order valence-corrected chi connectivity index (χ2v) is 7.20. The molecule has 0 bridgehead atoms. The molecule has 0 radical (unpaired) electrons. The maximum Gasteiger partial charge on any atom is 0.252 e. The SMILES string of the molecule is O=c1[nH]cc(-c2ccc(Cl)cc2)cc1CNC(c1ccccc1)c1cccnc1. The summed E-state index contributed by atoms with van der Waals surface area (Å²) in [6.45, 7) is 0.422. The van der Waals surface area contributed by atoms with E-state index in [-0.39, 0.29) is 11.6 Å². The molecule has 4 rings (SSSR count). The van der Waals surface area contributed by atoms with Gasteiger partial charge in [0.1, 0.15) is 0 Å². The molecule has 4 aromatic rings. The zero-order valence-electron chi connectivity index (χ0n) is 15.7. The molecule has 0 spiro atoms. The van der Waals surface area contributed by atoms with Crippen molar-refractivity contribution in [2.75, 3.05) is 0 Å². The predicted octanol–water partition coefficient (Wildman–Crippen LogP) is 4.97. The molecule has 2 aromatic carbocycles. The lowest BCUT2D eigenvalue weighted by Crippen LogP contribution is -2.26. The Balaban J connectivity index is 1.61. The summed E-state index contributed by atoms with van der Waals surface area (Å²) in [5.74, 6) is 0. The molecule has 0 saturated heterocycles. The molecule has 0 amide bonds. The van der Waals surface area contributed by atoms with Crippen molar-refractivity contribution in [3.63, 3.8) is 0 Å². The van der Waals surface area contributed by atoms with Crippen LogP contribution < -0.4 is 10.9 Å². The van der Waals surface area contributed by atoms with Crippen LogP contribution in [-0.2, 0) is 6.54 Å². The van der Waals surface area contributed by atoms with E-state index in [0.717, 1.165) is 22.3 Å². The highest BCUT2D eigenvalue weighted by molar-refractivity contribution is 6.30. The number of pyridine rings is 2. The quantitative estimate of drug-likeness (QED) is 0.479. The van der Waals surface area contributed by atoms with Crippen LogP contribution in [-0.4, -0.2) is 9.97 Å².